The fraction of sp³-hybridized carbons (Fsp3) is 0.462. The maximum Gasteiger partial charge on any atom is 0.323 e. The fourth-order valence-electron chi connectivity index (χ4n) is 1.29. The van der Waals surface area contributed by atoms with Crippen LogP contribution >= 0.6 is 0 Å². The summed E-state index contributed by atoms with van der Waals surface area (Å²) in [6.07, 6.45) is 0.453. The van der Waals surface area contributed by atoms with Crippen molar-refractivity contribution in [3.05, 3.63) is 30.3 Å². The lowest BCUT2D eigenvalue weighted by Gasteiger charge is -2.11. The molecule has 0 spiro atoms. The molecule has 1 aromatic rings. The quantitative estimate of drug-likeness (QED) is 0.552. The van der Waals surface area contributed by atoms with Crippen LogP contribution in [0.3, 0.4) is 0 Å². The summed E-state index contributed by atoms with van der Waals surface area (Å²) in [7, 11) is 1.56. The van der Waals surface area contributed by atoms with Crippen LogP contribution in [0.15, 0.2) is 30.3 Å². The summed E-state index contributed by atoms with van der Waals surface area (Å²) < 4.78 is 15.2. The topological polar surface area (TPSA) is 70.8 Å². The molecule has 1 rings (SSSR count). The molecule has 1 atom stereocenters. The van der Waals surface area contributed by atoms with E-state index >= 15 is 0 Å². The van der Waals surface area contributed by atoms with Gasteiger partial charge in [-0.15, -0.1) is 0 Å². The van der Waals surface area contributed by atoms with E-state index in [0.29, 0.717) is 19.6 Å². The van der Waals surface area contributed by atoms with Gasteiger partial charge < -0.3 is 19.9 Å². The molecule has 0 aliphatic heterocycles. The largest absolute Gasteiger partial charge is 0.490 e. The Morgan fingerprint density at radius 3 is 2.61 bits per heavy atom. The van der Waals surface area contributed by atoms with Gasteiger partial charge in [0, 0.05) is 13.7 Å². The number of carbonyl (C=O) groups is 1. The van der Waals surface area contributed by atoms with E-state index in [1.165, 1.54) is 0 Å². The van der Waals surface area contributed by atoms with Gasteiger partial charge in [-0.2, -0.15) is 0 Å². The van der Waals surface area contributed by atoms with Gasteiger partial charge in [0.25, 0.3) is 0 Å². The van der Waals surface area contributed by atoms with Crippen LogP contribution < -0.4 is 10.5 Å². The smallest absolute Gasteiger partial charge is 0.323 e. The molecule has 0 aromatic heterocycles. The van der Waals surface area contributed by atoms with E-state index in [1.54, 1.807) is 7.11 Å². The lowest BCUT2D eigenvalue weighted by Crippen LogP contribution is -2.34. The molecule has 5 nitrogen and oxygen atoms in total. The van der Waals surface area contributed by atoms with Crippen molar-refractivity contribution >= 4 is 5.97 Å². The summed E-state index contributed by atoms with van der Waals surface area (Å²) >= 11 is 0. The molecule has 0 aliphatic carbocycles. The van der Waals surface area contributed by atoms with Crippen LogP contribution in [0.25, 0.3) is 0 Å². The predicted octanol–water partition coefficient (Wildman–Crippen LogP) is 0.972. The van der Waals surface area contributed by atoms with Gasteiger partial charge in [-0.05, 0) is 18.6 Å². The third kappa shape index (κ3) is 5.65. The molecule has 1 unspecified atom stereocenters. The molecule has 1 aromatic carbocycles. The van der Waals surface area contributed by atoms with Crippen LogP contribution in [-0.2, 0) is 14.3 Å². The van der Waals surface area contributed by atoms with Crippen molar-refractivity contribution < 1.29 is 19.0 Å². The maximum atomic E-state index is 11.4. The molecule has 0 amide bonds. The van der Waals surface area contributed by atoms with Gasteiger partial charge in [0.15, 0.2) is 0 Å². The van der Waals surface area contributed by atoms with Crippen molar-refractivity contribution in [2.75, 3.05) is 26.9 Å². The average Bonchev–Trinajstić information content (AvgIpc) is 2.41. The summed E-state index contributed by atoms with van der Waals surface area (Å²) in [4.78, 5) is 11.4. The number of nitrogens with two attached hydrogens (primary N) is 1. The zero-order valence-corrected chi connectivity index (χ0v) is 10.5. The summed E-state index contributed by atoms with van der Waals surface area (Å²) in [5, 5.41) is 0. The molecule has 2 N–H and O–H groups in total. The Hall–Kier alpha value is -1.59. The SMILES string of the molecule is COCCC(N)C(=O)OCCOc1ccccc1. The summed E-state index contributed by atoms with van der Waals surface area (Å²) in [5.41, 5.74) is 5.60. The Morgan fingerprint density at radius 2 is 1.94 bits per heavy atom. The predicted molar refractivity (Wildman–Crippen MR) is 67.4 cm³/mol. The number of para-hydroxylation sites is 1. The third-order valence-electron chi connectivity index (χ3n) is 2.28. The Labute approximate surface area is 107 Å². The van der Waals surface area contributed by atoms with Gasteiger partial charge in [-0.25, -0.2) is 0 Å². The lowest BCUT2D eigenvalue weighted by atomic mass is 10.2. The Bertz CT molecular complexity index is 342. The molecule has 0 saturated carbocycles. The second-order valence-electron chi connectivity index (χ2n) is 3.72. The molecule has 100 valence electrons. The minimum Gasteiger partial charge on any atom is -0.490 e. The molecule has 0 heterocycles. The van der Waals surface area contributed by atoms with Crippen LogP contribution in [0, 0.1) is 0 Å². The van der Waals surface area contributed by atoms with Crippen molar-refractivity contribution in [3.8, 4) is 5.75 Å². The van der Waals surface area contributed by atoms with E-state index in [0.717, 1.165) is 5.75 Å². The number of rotatable bonds is 8. The highest BCUT2D eigenvalue weighted by Gasteiger charge is 2.14. The van der Waals surface area contributed by atoms with Gasteiger partial charge >= 0.3 is 5.97 Å². The minimum absolute atomic E-state index is 0.189. The number of hydrogen-bond donors (Lipinski definition) is 1. The zero-order valence-electron chi connectivity index (χ0n) is 10.5. The normalized spacial score (nSPS) is 11.9. The highest BCUT2D eigenvalue weighted by atomic mass is 16.6. The van der Waals surface area contributed by atoms with E-state index in [2.05, 4.69) is 0 Å². The number of esters is 1. The molecule has 0 radical (unpaired) electrons. The first-order valence-corrected chi connectivity index (χ1v) is 5.83. The fourth-order valence-corrected chi connectivity index (χ4v) is 1.29. The minimum atomic E-state index is -0.637. The molecule has 18 heavy (non-hydrogen) atoms. The van der Waals surface area contributed by atoms with Crippen LogP contribution in [0.4, 0.5) is 0 Å². The molecule has 0 aliphatic rings. The van der Waals surface area contributed by atoms with Crippen molar-refractivity contribution in [1.82, 2.24) is 0 Å². The van der Waals surface area contributed by atoms with E-state index in [9.17, 15) is 4.79 Å². The third-order valence-corrected chi connectivity index (χ3v) is 2.28. The van der Waals surface area contributed by atoms with Crippen molar-refractivity contribution in [3.63, 3.8) is 0 Å². The Morgan fingerprint density at radius 1 is 1.22 bits per heavy atom. The van der Waals surface area contributed by atoms with E-state index < -0.39 is 12.0 Å². The van der Waals surface area contributed by atoms with Gasteiger partial charge in [0.2, 0.25) is 0 Å². The highest BCUT2D eigenvalue weighted by Crippen LogP contribution is 2.07. The average molecular weight is 253 g/mol. The van der Waals surface area contributed by atoms with E-state index in [4.69, 9.17) is 19.9 Å². The van der Waals surface area contributed by atoms with E-state index in [1.807, 2.05) is 30.3 Å². The molecule has 0 saturated heterocycles. The van der Waals surface area contributed by atoms with Crippen LogP contribution in [0.1, 0.15) is 6.42 Å². The van der Waals surface area contributed by atoms with Crippen molar-refractivity contribution in [2.45, 2.75) is 12.5 Å². The number of ether oxygens (including phenoxy) is 3. The van der Waals surface area contributed by atoms with Crippen molar-refractivity contribution in [2.24, 2.45) is 5.73 Å². The molecule has 5 heteroatoms. The highest BCUT2D eigenvalue weighted by molar-refractivity contribution is 5.75. The van der Waals surface area contributed by atoms with Crippen LogP contribution in [0.5, 0.6) is 5.75 Å². The standard InChI is InChI=1S/C13H19NO4/c1-16-8-7-12(14)13(15)18-10-9-17-11-5-3-2-4-6-11/h2-6,12H,7-10,14H2,1H3. The van der Waals surface area contributed by atoms with Gasteiger partial charge in [0.1, 0.15) is 25.0 Å². The molecular formula is C13H19NO4. The van der Waals surface area contributed by atoms with Gasteiger partial charge in [-0.3, -0.25) is 4.79 Å². The molecule has 0 bridgehead atoms. The monoisotopic (exact) mass is 253 g/mol. The number of hydrogen-bond acceptors (Lipinski definition) is 5. The Balaban J connectivity index is 2.12. The molecule has 0 fully saturated rings. The first kappa shape index (κ1) is 14.5. The summed E-state index contributed by atoms with van der Waals surface area (Å²) in [5.74, 6) is 0.320. The number of benzene rings is 1. The lowest BCUT2D eigenvalue weighted by molar-refractivity contribution is -0.146. The second kappa shape index (κ2) is 8.49. The summed E-state index contributed by atoms with van der Waals surface area (Å²) in [6.45, 7) is 0.942. The zero-order chi connectivity index (χ0) is 13.2. The van der Waals surface area contributed by atoms with Gasteiger partial charge in [-0.1, -0.05) is 18.2 Å². The van der Waals surface area contributed by atoms with Crippen LogP contribution in [-0.4, -0.2) is 38.9 Å². The van der Waals surface area contributed by atoms with Crippen LogP contribution in [0.2, 0.25) is 0 Å². The summed E-state index contributed by atoms with van der Waals surface area (Å²) in [6, 6.07) is 8.70. The van der Waals surface area contributed by atoms with Crippen molar-refractivity contribution in [1.29, 1.82) is 0 Å². The second-order valence-corrected chi connectivity index (χ2v) is 3.72. The Kier molecular flexibility index (Phi) is 6.83. The number of carbonyl (C=O) groups excluding carboxylic acids is 1. The number of methoxy groups -OCH3 is 1. The maximum absolute atomic E-state index is 11.4. The first-order chi connectivity index (χ1) is 8.74. The molecular weight excluding hydrogens is 234 g/mol. The van der Waals surface area contributed by atoms with Gasteiger partial charge in [0.05, 0.1) is 0 Å². The van der Waals surface area contributed by atoms with E-state index in [-0.39, 0.29) is 6.61 Å². The first-order valence-electron chi connectivity index (χ1n) is 5.83.